The summed E-state index contributed by atoms with van der Waals surface area (Å²) in [5, 5.41) is 11.0. The highest BCUT2D eigenvalue weighted by Gasteiger charge is 2.13. The Morgan fingerprint density at radius 1 is 1.12 bits per heavy atom. The minimum Gasteiger partial charge on any atom is -0.384 e. The molecule has 1 unspecified atom stereocenters. The number of aliphatic hydroxyl groups excluding tert-OH is 1. The molecule has 0 fully saturated rings. The molecule has 2 rings (SSSR count). The fourth-order valence-electron chi connectivity index (χ4n) is 1.75. The maximum atomic E-state index is 10.3. The van der Waals surface area contributed by atoms with Gasteiger partial charge in [-0.25, -0.2) is 0 Å². The average Bonchev–Trinajstić information content (AvgIpc) is 2.33. The SMILES string of the molecule is Cc1c(Br)cccc1C(O)c1ccc(Cl)cc1. The van der Waals surface area contributed by atoms with E-state index >= 15 is 0 Å². The molecule has 1 atom stereocenters. The first-order chi connectivity index (χ1) is 8.09. The highest BCUT2D eigenvalue weighted by molar-refractivity contribution is 9.10. The molecule has 0 radical (unpaired) electrons. The molecule has 0 aromatic heterocycles. The molecule has 88 valence electrons. The van der Waals surface area contributed by atoms with Gasteiger partial charge in [-0.1, -0.05) is 51.8 Å². The Bertz CT molecular complexity index is 522. The lowest BCUT2D eigenvalue weighted by Crippen LogP contribution is -2.02. The van der Waals surface area contributed by atoms with E-state index in [1.54, 1.807) is 12.1 Å². The molecule has 0 aliphatic rings. The maximum Gasteiger partial charge on any atom is 0.104 e. The summed E-state index contributed by atoms with van der Waals surface area (Å²) in [5.74, 6) is 0. The van der Waals surface area contributed by atoms with Gasteiger partial charge >= 0.3 is 0 Å². The van der Waals surface area contributed by atoms with Gasteiger partial charge in [-0.05, 0) is 41.8 Å². The molecule has 2 aromatic rings. The summed E-state index contributed by atoms with van der Waals surface area (Å²) in [5.41, 5.74) is 2.80. The number of rotatable bonds is 2. The molecule has 1 nitrogen and oxygen atoms in total. The lowest BCUT2D eigenvalue weighted by atomic mass is 9.98. The molecule has 17 heavy (non-hydrogen) atoms. The molecule has 3 heteroatoms. The van der Waals surface area contributed by atoms with Crippen molar-refractivity contribution < 1.29 is 5.11 Å². The van der Waals surface area contributed by atoms with E-state index in [0.717, 1.165) is 21.2 Å². The molecule has 0 saturated carbocycles. The highest BCUT2D eigenvalue weighted by Crippen LogP contribution is 2.29. The third-order valence-electron chi connectivity index (χ3n) is 2.79. The van der Waals surface area contributed by atoms with Crippen LogP contribution in [0.15, 0.2) is 46.9 Å². The predicted octanol–water partition coefficient (Wildman–Crippen LogP) is 4.49. The van der Waals surface area contributed by atoms with Crippen LogP contribution in [0.4, 0.5) is 0 Å². The number of halogens is 2. The zero-order valence-electron chi connectivity index (χ0n) is 9.32. The second-order valence-corrected chi connectivity index (χ2v) is 5.20. The monoisotopic (exact) mass is 310 g/mol. The summed E-state index contributed by atoms with van der Waals surface area (Å²) >= 11 is 9.30. The number of aliphatic hydroxyl groups is 1. The van der Waals surface area contributed by atoms with E-state index in [1.165, 1.54) is 0 Å². The van der Waals surface area contributed by atoms with Gasteiger partial charge in [0.2, 0.25) is 0 Å². The molecule has 0 spiro atoms. The first-order valence-electron chi connectivity index (χ1n) is 5.28. The van der Waals surface area contributed by atoms with Crippen LogP contribution in [0, 0.1) is 6.92 Å². The smallest absolute Gasteiger partial charge is 0.104 e. The highest BCUT2D eigenvalue weighted by atomic mass is 79.9. The van der Waals surface area contributed by atoms with Crippen molar-refractivity contribution in [2.45, 2.75) is 13.0 Å². The molecular weight excluding hydrogens is 300 g/mol. The molecule has 0 aliphatic carbocycles. The molecule has 0 heterocycles. The molecule has 0 bridgehead atoms. The van der Waals surface area contributed by atoms with Gasteiger partial charge in [-0.3, -0.25) is 0 Å². The van der Waals surface area contributed by atoms with Crippen LogP contribution in [-0.4, -0.2) is 5.11 Å². The zero-order valence-corrected chi connectivity index (χ0v) is 11.7. The summed E-state index contributed by atoms with van der Waals surface area (Å²) in [4.78, 5) is 0. The van der Waals surface area contributed by atoms with E-state index < -0.39 is 6.10 Å². The molecule has 0 saturated heterocycles. The Morgan fingerprint density at radius 3 is 2.41 bits per heavy atom. The largest absolute Gasteiger partial charge is 0.384 e. The molecular formula is C14H12BrClO. The minimum atomic E-state index is -0.621. The van der Waals surface area contributed by atoms with Gasteiger partial charge in [0.15, 0.2) is 0 Å². The Hall–Kier alpha value is -0.830. The Balaban J connectivity index is 2.40. The quantitative estimate of drug-likeness (QED) is 0.866. The van der Waals surface area contributed by atoms with Gasteiger partial charge in [0.05, 0.1) is 0 Å². The third kappa shape index (κ3) is 2.71. The number of benzene rings is 2. The fraction of sp³-hybridized carbons (Fsp3) is 0.143. The maximum absolute atomic E-state index is 10.3. The second-order valence-electron chi connectivity index (χ2n) is 3.91. The summed E-state index contributed by atoms with van der Waals surface area (Å²) < 4.78 is 1.00. The zero-order chi connectivity index (χ0) is 12.4. The van der Waals surface area contributed by atoms with E-state index in [9.17, 15) is 5.11 Å². The van der Waals surface area contributed by atoms with E-state index in [2.05, 4.69) is 15.9 Å². The lowest BCUT2D eigenvalue weighted by molar-refractivity contribution is 0.219. The lowest BCUT2D eigenvalue weighted by Gasteiger charge is -2.15. The van der Waals surface area contributed by atoms with Gasteiger partial charge in [-0.15, -0.1) is 0 Å². The molecule has 2 aromatic carbocycles. The summed E-state index contributed by atoms with van der Waals surface area (Å²) in [7, 11) is 0. The Labute approximate surface area is 114 Å². The first kappa shape index (κ1) is 12.6. The standard InChI is InChI=1S/C14H12BrClO/c1-9-12(3-2-4-13(9)15)14(17)10-5-7-11(16)8-6-10/h2-8,14,17H,1H3. The van der Waals surface area contributed by atoms with Gasteiger partial charge in [-0.2, -0.15) is 0 Å². The topological polar surface area (TPSA) is 20.2 Å². The molecule has 0 amide bonds. The van der Waals surface area contributed by atoms with Crippen molar-refractivity contribution in [1.29, 1.82) is 0 Å². The summed E-state index contributed by atoms with van der Waals surface area (Å²) in [6.45, 7) is 1.98. The van der Waals surface area contributed by atoms with E-state index in [0.29, 0.717) is 5.02 Å². The van der Waals surface area contributed by atoms with Crippen LogP contribution in [0.3, 0.4) is 0 Å². The van der Waals surface area contributed by atoms with E-state index in [1.807, 2.05) is 37.3 Å². The van der Waals surface area contributed by atoms with Crippen LogP contribution in [0.1, 0.15) is 22.8 Å². The van der Waals surface area contributed by atoms with Crippen molar-refractivity contribution in [2.75, 3.05) is 0 Å². The van der Waals surface area contributed by atoms with Crippen molar-refractivity contribution >= 4 is 27.5 Å². The van der Waals surface area contributed by atoms with E-state index in [-0.39, 0.29) is 0 Å². The average molecular weight is 312 g/mol. The van der Waals surface area contributed by atoms with Crippen molar-refractivity contribution in [3.63, 3.8) is 0 Å². The van der Waals surface area contributed by atoms with Gasteiger partial charge in [0, 0.05) is 9.50 Å². The second kappa shape index (κ2) is 5.21. The van der Waals surface area contributed by atoms with Crippen molar-refractivity contribution in [3.05, 3.63) is 68.7 Å². The Morgan fingerprint density at radius 2 is 1.76 bits per heavy atom. The number of hydrogen-bond acceptors (Lipinski definition) is 1. The Kier molecular flexibility index (Phi) is 3.87. The molecule has 1 N–H and O–H groups in total. The van der Waals surface area contributed by atoms with Crippen molar-refractivity contribution in [1.82, 2.24) is 0 Å². The van der Waals surface area contributed by atoms with Crippen molar-refractivity contribution in [3.8, 4) is 0 Å². The van der Waals surface area contributed by atoms with Crippen LogP contribution >= 0.6 is 27.5 Å². The third-order valence-corrected chi connectivity index (χ3v) is 3.90. The number of hydrogen-bond donors (Lipinski definition) is 1. The van der Waals surface area contributed by atoms with E-state index in [4.69, 9.17) is 11.6 Å². The fourth-order valence-corrected chi connectivity index (χ4v) is 2.25. The van der Waals surface area contributed by atoms with Crippen LogP contribution in [0.25, 0.3) is 0 Å². The summed E-state index contributed by atoms with van der Waals surface area (Å²) in [6, 6.07) is 13.1. The van der Waals surface area contributed by atoms with Gasteiger partial charge in [0.25, 0.3) is 0 Å². The minimum absolute atomic E-state index is 0.621. The normalized spacial score (nSPS) is 12.5. The van der Waals surface area contributed by atoms with Crippen LogP contribution in [0.5, 0.6) is 0 Å². The van der Waals surface area contributed by atoms with Crippen LogP contribution in [-0.2, 0) is 0 Å². The van der Waals surface area contributed by atoms with Crippen LogP contribution in [0.2, 0.25) is 5.02 Å². The van der Waals surface area contributed by atoms with Gasteiger partial charge in [0.1, 0.15) is 6.10 Å². The predicted molar refractivity (Wildman–Crippen MR) is 74.4 cm³/mol. The summed E-state index contributed by atoms with van der Waals surface area (Å²) in [6.07, 6.45) is -0.621. The van der Waals surface area contributed by atoms with Crippen LogP contribution < -0.4 is 0 Å². The first-order valence-corrected chi connectivity index (χ1v) is 6.45. The van der Waals surface area contributed by atoms with Gasteiger partial charge < -0.3 is 5.11 Å². The van der Waals surface area contributed by atoms with Crippen molar-refractivity contribution in [2.24, 2.45) is 0 Å². The molecule has 0 aliphatic heterocycles.